The van der Waals surface area contributed by atoms with E-state index < -0.39 is 0 Å². The van der Waals surface area contributed by atoms with E-state index >= 15 is 0 Å². The molecule has 13 heavy (non-hydrogen) atoms. The maximum absolute atomic E-state index is 5.96. The highest BCUT2D eigenvalue weighted by atomic mass is 35.5. The Morgan fingerprint density at radius 3 is 2.69 bits per heavy atom. The van der Waals surface area contributed by atoms with Crippen molar-refractivity contribution in [2.24, 2.45) is 11.1 Å². The van der Waals surface area contributed by atoms with Gasteiger partial charge in [0, 0.05) is 6.04 Å². The molecule has 0 aromatic carbocycles. The highest BCUT2D eigenvalue weighted by Gasteiger charge is 2.46. The van der Waals surface area contributed by atoms with E-state index in [1.807, 2.05) is 0 Å². The topological polar surface area (TPSA) is 26.0 Å². The number of thiophene rings is 1. The Morgan fingerprint density at radius 2 is 2.31 bits per heavy atom. The molecule has 72 valence electrons. The lowest BCUT2D eigenvalue weighted by molar-refractivity contribution is 0.0987. The molecule has 0 aliphatic heterocycles. The molecule has 2 rings (SSSR count). The van der Waals surface area contributed by atoms with Gasteiger partial charge in [0.2, 0.25) is 0 Å². The first-order valence-corrected chi connectivity index (χ1v) is 5.77. The molecule has 0 bridgehead atoms. The van der Waals surface area contributed by atoms with Gasteiger partial charge in [-0.1, -0.05) is 25.4 Å². The van der Waals surface area contributed by atoms with Crippen molar-refractivity contribution in [3.05, 3.63) is 21.3 Å². The molecule has 1 fully saturated rings. The Hall–Kier alpha value is -0.0500. The average molecular weight is 216 g/mol. The summed E-state index contributed by atoms with van der Waals surface area (Å²) in [5.74, 6) is 0.603. The van der Waals surface area contributed by atoms with Crippen molar-refractivity contribution in [1.82, 2.24) is 0 Å². The van der Waals surface area contributed by atoms with Gasteiger partial charge in [0.25, 0.3) is 0 Å². The van der Waals surface area contributed by atoms with Crippen LogP contribution in [-0.4, -0.2) is 6.04 Å². The van der Waals surface area contributed by atoms with E-state index in [-0.39, 0.29) is 5.41 Å². The van der Waals surface area contributed by atoms with Crippen molar-refractivity contribution in [3.63, 3.8) is 0 Å². The van der Waals surface area contributed by atoms with Gasteiger partial charge in [0.05, 0.1) is 4.34 Å². The van der Waals surface area contributed by atoms with Crippen LogP contribution in [-0.2, 0) is 0 Å². The Morgan fingerprint density at radius 1 is 1.62 bits per heavy atom. The first-order valence-electron chi connectivity index (χ1n) is 4.51. The van der Waals surface area contributed by atoms with E-state index in [0.29, 0.717) is 12.0 Å². The number of hydrogen-bond acceptors (Lipinski definition) is 2. The molecule has 2 atom stereocenters. The molecule has 0 saturated heterocycles. The summed E-state index contributed by atoms with van der Waals surface area (Å²) < 4.78 is 0.881. The Balaban J connectivity index is 2.21. The molecule has 1 aromatic heterocycles. The van der Waals surface area contributed by atoms with Crippen molar-refractivity contribution in [3.8, 4) is 0 Å². The van der Waals surface area contributed by atoms with Crippen LogP contribution in [0.3, 0.4) is 0 Å². The second-order valence-corrected chi connectivity index (χ2v) is 5.94. The van der Waals surface area contributed by atoms with Gasteiger partial charge in [-0.2, -0.15) is 0 Å². The molecule has 1 aliphatic rings. The summed E-state index contributed by atoms with van der Waals surface area (Å²) in [4.78, 5) is 0. The third kappa shape index (κ3) is 1.41. The van der Waals surface area contributed by atoms with Crippen LogP contribution in [0.2, 0.25) is 4.34 Å². The maximum atomic E-state index is 5.96. The highest BCUT2D eigenvalue weighted by molar-refractivity contribution is 7.14. The van der Waals surface area contributed by atoms with Crippen LogP contribution in [0.25, 0.3) is 0 Å². The molecular formula is C10H14ClNS. The van der Waals surface area contributed by atoms with E-state index in [0.717, 1.165) is 10.8 Å². The fourth-order valence-electron chi connectivity index (χ4n) is 2.03. The minimum Gasteiger partial charge on any atom is -0.327 e. The SMILES string of the molecule is CC1(C)C(N)CC1c1csc(Cl)c1. The third-order valence-electron chi connectivity index (χ3n) is 3.33. The Labute approximate surface area is 87.9 Å². The number of hydrogen-bond donors (Lipinski definition) is 1. The van der Waals surface area contributed by atoms with Gasteiger partial charge in [-0.05, 0) is 34.8 Å². The van der Waals surface area contributed by atoms with Gasteiger partial charge < -0.3 is 5.73 Å². The van der Waals surface area contributed by atoms with Crippen LogP contribution in [0, 0.1) is 5.41 Å². The number of rotatable bonds is 1. The van der Waals surface area contributed by atoms with Gasteiger partial charge in [-0.3, -0.25) is 0 Å². The van der Waals surface area contributed by atoms with E-state index in [9.17, 15) is 0 Å². The number of halogens is 1. The van der Waals surface area contributed by atoms with E-state index in [4.69, 9.17) is 17.3 Å². The molecule has 1 nitrogen and oxygen atoms in total. The van der Waals surface area contributed by atoms with Crippen molar-refractivity contribution < 1.29 is 0 Å². The van der Waals surface area contributed by atoms with Gasteiger partial charge in [-0.25, -0.2) is 0 Å². The molecule has 0 amide bonds. The van der Waals surface area contributed by atoms with Gasteiger partial charge in [0.15, 0.2) is 0 Å². The van der Waals surface area contributed by atoms with Gasteiger partial charge in [0.1, 0.15) is 0 Å². The van der Waals surface area contributed by atoms with Crippen molar-refractivity contribution in [1.29, 1.82) is 0 Å². The Kier molecular flexibility index (Phi) is 2.17. The minimum atomic E-state index is 0.240. The molecule has 0 spiro atoms. The van der Waals surface area contributed by atoms with Crippen molar-refractivity contribution in [2.75, 3.05) is 0 Å². The molecule has 1 aliphatic carbocycles. The van der Waals surface area contributed by atoms with Crippen LogP contribution in [0.1, 0.15) is 31.7 Å². The molecule has 1 aromatic rings. The van der Waals surface area contributed by atoms with Crippen molar-refractivity contribution >= 4 is 22.9 Å². The van der Waals surface area contributed by atoms with Gasteiger partial charge >= 0.3 is 0 Å². The monoisotopic (exact) mass is 215 g/mol. The minimum absolute atomic E-state index is 0.240. The molecule has 3 heteroatoms. The molecular weight excluding hydrogens is 202 g/mol. The zero-order valence-corrected chi connectivity index (χ0v) is 9.45. The normalized spacial score (nSPS) is 31.4. The predicted octanol–water partition coefficient (Wildman–Crippen LogP) is 3.24. The third-order valence-corrected chi connectivity index (χ3v) is 4.44. The first-order chi connectivity index (χ1) is 6.01. The molecule has 2 unspecified atom stereocenters. The van der Waals surface area contributed by atoms with Crippen molar-refractivity contribution in [2.45, 2.75) is 32.2 Å². The number of nitrogens with two attached hydrogens (primary N) is 1. The summed E-state index contributed by atoms with van der Waals surface area (Å²) in [6.45, 7) is 4.47. The quantitative estimate of drug-likeness (QED) is 0.765. The van der Waals surface area contributed by atoms with Crippen LogP contribution in [0.5, 0.6) is 0 Å². The lowest BCUT2D eigenvalue weighted by Crippen LogP contribution is -2.52. The first kappa shape index (κ1) is 9.50. The second-order valence-electron chi connectivity index (χ2n) is 4.40. The second kappa shape index (κ2) is 2.97. The van der Waals surface area contributed by atoms with E-state index in [1.54, 1.807) is 11.3 Å². The summed E-state index contributed by atoms with van der Waals surface area (Å²) in [5.41, 5.74) is 7.56. The van der Waals surface area contributed by atoms with Crippen LogP contribution in [0.4, 0.5) is 0 Å². The molecule has 2 N–H and O–H groups in total. The molecule has 0 radical (unpaired) electrons. The average Bonchev–Trinajstić information content (AvgIpc) is 2.47. The smallest absolute Gasteiger partial charge is 0.0931 e. The van der Waals surface area contributed by atoms with Gasteiger partial charge in [-0.15, -0.1) is 11.3 Å². The maximum Gasteiger partial charge on any atom is 0.0931 e. The van der Waals surface area contributed by atoms with Crippen LogP contribution in [0.15, 0.2) is 11.4 Å². The fourth-order valence-corrected chi connectivity index (χ4v) is 2.98. The zero-order chi connectivity index (χ0) is 9.64. The summed E-state index contributed by atoms with van der Waals surface area (Å²) in [6, 6.07) is 2.42. The lowest BCUT2D eigenvalue weighted by Gasteiger charge is -2.50. The van der Waals surface area contributed by atoms with Crippen LogP contribution < -0.4 is 5.73 Å². The predicted molar refractivity (Wildman–Crippen MR) is 58.4 cm³/mol. The Bertz CT molecular complexity index is 318. The standard InChI is InChI=1S/C10H14ClNS/c1-10(2)7(4-8(10)12)6-3-9(11)13-5-6/h3,5,7-8H,4,12H2,1-2H3. The summed E-state index contributed by atoms with van der Waals surface area (Å²) in [7, 11) is 0. The van der Waals surface area contributed by atoms with Crippen LogP contribution >= 0.6 is 22.9 Å². The fraction of sp³-hybridized carbons (Fsp3) is 0.600. The highest BCUT2D eigenvalue weighted by Crippen LogP contribution is 2.52. The summed E-state index contributed by atoms with van der Waals surface area (Å²) >= 11 is 7.51. The summed E-state index contributed by atoms with van der Waals surface area (Å²) in [6.07, 6.45) is 1.10. The molecule has 1 saturated carbocycles. The molecule has 1 heterocycles. The summed E-state index contributed by atoms with van der Waals surface area (Å²) in [5, 5.41) is 2.15. The lowest BCUT2D eigenvalue weighted by atomic mass is 9.57. The largest absolute Gasteiger partial charge is 0.327 e. The zero-order valence-electron chi connectivity index (χ0n) is 7.88. The van der Waals surface area contributed by atoms with E-state index in [1.165, 1.54) is 5.56 Å². The van der Waals surface area contributed by atoms with E-state index in [2.05, 4.69) is 25.3 Å².